The average molecular weight is 342 g/mol. The number of nitrogens with zero attached hydrogens (tertiary/aromatic N) is 2. The van der Waals surface area contributed by atoms with Crippen LogP contribution in [0.2, 0.25) is 0 Å². The van der Waals surface area contributed by atoms with Crippen LogP contribution in [-0.4, -0.2) is 9.55 Å². The lowest BCUT2D eigenvalue weighted by Crippen LogP contribution is -1.98. The van der Waals surface area contributed by atoms with Crippen LogP contribution in [0.3, 0.4) is 0 Å². The second kappa shape index (κ2) is 4.60. The summed E-state index contributed by atoms with van der Waals surface area (Å²) in [6.07, 6.45) is 2.46. The van der Waals surface area contributed by atoms with Crippen molar-refractivity contribution in [3.05, 3.63) is 46.4 Å². The predicted molar refractivity (Wildman–Crippen MR) is 90.3 cm³/mol. The highest BCUT2D eigenvalue weighted by atomic mass is 79.9. The lowest BCUT2D eigenvalue weighted by molar-refractivity contribution is 0.775. The number of aryl methyl sites for hydroxylation is 1. The van der Waals surface area contributed by atoms with Crippen molar-refractivity contribution in [3.63, 3.8) is 0 Å². The van der Waals surface area contributed by atoms with E-state index in [1.54, 1.807) is 0 Å². The fourth-order valence-electron chi connectivity index (χ4n) is 2.86. The van der Waals surface area contributed by atoms with Crippen LogP contribution in [0.15, 0.2) is 40.9 Å². The predicted octanol–water partition coefficient (Wildman–Crippen LogP) is 4.69. The van der Waals surface area contributed by atoms with E-state index in [1.165, 1.54) is 23.9 Å². The molecule has 1 fully saturated rings. The lowest BCUT2D eigenvalue weighted by atomic mass is 10.2. The highest BCUT2D eigenvalue weighted by molar-refractivity contribution is 9.10. The maximum atomic E-state index is 5.99. The van der Waals surface area contributed by atoms with Gasteiger partial charge in [0.15, 0.2) is 0 Å². The largest absolute Gasteiger partial charge is 0.399 e. The normalized spacial score (nSPS) is 14.8. The van der Waals surface area contributed by atoms with Gasteiger partial charge in [-0.2, -0.15) is 0 Å². The molecule has 3 nitrogen and oxygen atoms in total. The molecule has 1 saturated carbocycles. The minimum Gasteiger partial charge on any atom is -0.399 e. The molecule has 3 aromatic rings. The van der Waals surface area contributed by atoms with Crippen LogP contribution in [-0.2, 0) is 0 Å². The number of rotatable bonds is 2. The van der Waals surface area contributed by atoms with Gasteiger partial charge in [-0.1, -0.05) is 22.0 Å². The van der Waals surface area contributed by atoms with Crippen LogP contribution in [0.1, 0.15) is 24.4 Å². The lowest BCUT2D eigenvalue weighted by Gasteiger charge is -2.09. The molecule has 0 radical (unpaired) electrons. The number of nitrogens with two attached hydrogens (primary N) is 1. The zero-order valence-corrected chi connectivity index (χ0v) is 13.4. The van der Waals surface area contributed by atoms with E-state index in [0.717, 1.165) is 27.1 Å². The summed E-state index contributed by atoms with van der Waals surface area (Å²) in [5.74, 6) is 1.02. The summed E-state index contributed by atoms with van der Waals surface area (Å²) < 4.78 is 3.36. The molecule has 1 heterocycles. The van der Waals surface area contributed by atoms with Gasteiger partial charge in [-0.05, 0) is 55.7 Å². The first-order valence-corrected chi connectivity index (χ1v) is 7.96. The summed E-state index contributed by atoms with van der Waals surface area (Å²) in [6.45, 7) is 2.10. The Morgan fingerprint density at radius 3 is 2.71 bits per heavy atom. The van der Waals surface area contributed by atoms with Gasteiger partial charge in [0, 0.05) is 21.8 Å². The fourth-order valence-corrected chi connectivity index (χ4v) is 3.37. The van der Waals surface area contributed by atoms with Crippen LogP contribution in [0.4, 0.5) is 5.69 Å². The van der Waals surface area contributed by atoms with E-state index >= 15 is 0 Å². The van der Waals surface area contributed by atoms with Crippen LogP contribution in [0, 0.1) is 6.92 Å². The van der Waals surface area contributed by atoms with E-state index in [-0.39, 0.29) is 0 Å². The Bertz CT molecular complexity index is 826. The molecular formula is C17H16BrN3. The number of halogens is 1. The Labute approximate surface area is 131 Å². The first kappa shape index (κ1) is 12.9. The summed E-state index contributed by atoms with van der Waals surface area (Å²) in [4.78, 5) is 4.87. The highest BCUT2D eigenvalue weighted by Gasteiger charge is 2.28. The Hall–Kier alpha value is -1.81. The van der Waals surface area contributed by atoms with Crippen molar-refractivity contribution >= 4 is 32.7 Å². The minimum atomic E-state index is 0.577. The second-order valence-corrected chi connectivity index (χ2v) is 6.72. The van der Waals surface area contributed by atoms with Crippen molar-refractivity contribution in [1.29, 1.82) is 0 Å². The molecule has 4 heteroatoms. The maximum Gasteiger partial charge on any atom is 0.141 e. The molecule has 0 saturated heterocycles. The molecule has 0 amide bonds. The third kappa shape index (κ3) is 2.23. The fraction of sp³-hybridized carbons (Fsp3) is 0.235. The Morgan fingerprint density at radius 1 is 1.19 bits per heavy atom. The summed E-state index contributed by atoms with van der Waals surface area (Å²) in [5.41, 5.74) is 11.3. The number of hydrogen-bond acceptors (Lipinski definition) is 2. The Morgan fingerprint density at radius 2 is 2.00 bits per heavy atom. The molecule has 1 aliphatic rings. The molecule has 0 atom stereocenters. The molecular weight excluding hydrogens is 326 g/mol. The molecule has 1 aliphatic carbocycles. The molecule has 1 aromatic heterocycles. The van der Waals surface area contributed by atoms with Crippen molar-refractivity contribution in [2.45, 2.75) is 25.8 Å². The minimum absolute atomic E-state index is 0.577. The smallest absolute Gasteiger partial charge is 0.141 e. The van der Waals surface area contributed by atoms with E-state index in [1.807, 2.05) is 12.1 Å². The number of benzene rings is 2. The van der Waals surface area contributed by atoms with Gasteiger partial charge in [-0.15, -0.1) is 0 Å². The number of imidazole rings is 1. The zero-order valence-electron chi connectivity index (χ0n) is 11.8. The van der Waals surface area contributed by atoms with Crippen LogP contribution in [0.25, 0.3) is 22.4 Å². The standard InChI is InChI=1S/C17H16BrN3/c1-10-2-5-16-15(6-10)20-17(21(16)14-3-4-14)11-7-12(18)9-13(19)8-11/h2,5-9,14H,3-4,19H2,1H3. The van der Waals surface area contributed by atoms with Gasteiger partial charge in [0.2, 0.25) is 0 Å². The number of anilines is 1. The molecule has 21 heavy (non-hydrogen) atoms. The third-order valence-corrected chi connectivity index (χ3v) is 4.39. The van der Waals surface area contributed by atoms with Gasteiger partial charge in [0.05, 0.1) is 11.0 Å². The van der Waals surface area contributed by atoms with E-state index in [9.17, 15) is 0 Å². The first-order chi connectivity index (χ1) is 10.1. The Kier molecular flexibility index (Phi) is 2.82. The summed E-state index contributed by atoms with van der Waals surface area (Å²) >= 11 is 3.53. The van der Waals surface area contributed by atoms with Crippen molar-refractivity contribution in [2.75, 3.05) is 5.73 Å². The highest BCUT2D eigenvalue weighted by Crippen LogP contribution is 2.41. The second-order valence-electron chi connectivity index (χ2n) is 5.80. The average Bonchev–Trinajstić information content (AvgIpc) is 3.18. The number of aromatic nitrogens is 2. The van der Waals surface area contributed by atoms with Gasteiger partial charge >= 0.3 is 0 Å². The maximum absolute atomic E-state index is 5.99. The third-order valence-electron chi connectivity index (χ3n) is 3.94. The van der Waals surface area contributed by atoms with Gasteiger partial charge in [0.25, 0.3) is 0 Å². The Balaban J connectivity index is 2.00. The van der Waals surface area contributed by atoms with Crippen LogP contribution >= 0.6 is 15.9 Å². The molecule has 4 rings (SSSR count). The molecule has 106 valence electrons. The monoisotopic (exact) mass is 341 g/mol. The van der Waals surface area contributed by atoms with Gasteiger partial charge in [-0.25, -0.2) is 4.98 Å². The molecule has 2 aromatic carbocycles. The summed E-state index contributed by atoms with van der Waals surface area (Å²) in [5, 5.41) is 0. The SMILES string of the molecule is Cc1ccc2c(c1)nc(-c1cc(N)cc(Br)c1)n2C1CC1. The summed E-state index contributed by atoms with van der Waals surface area (Å²) in [6, 6.07) is 13.1. The van der Waals surface area contributed by atoms with Gasteiger partial charge in [-0.3, -0.25) is 0 Å². The van der Waals surface area contributed by atoms with Gasteiger partial charge in [0.1, 0.15) is 5.82 Å². The first-order valence-electron chi connectivity index (χ1n) is 7.17. The van der Waals surface area contributed by atoms with Crippen molar-refractivity contribution in [3.8, 4) is 11.4 Å². The van der Waals surface area contributed by atoms with Gasteiger partial charge < -0.3 is 10.3 Å². The number of fused-ring (bicyclic) bond motifs is 1. The molecule has 2 N–H and O–H groups in total. The summed E-state index contributed by atoms with van der Waals surface area (Å²) in [7, 11) is 0. The zero-order chi connectivity index (χ0) is 14.6. The quantitative estimate of drug-likeness (QED) is 0.687. The molecule has 0 bridgehead atoms. The van der Waals surface area contributed by atoms with E-state index in [0.29, 0.717) is 6.04 Å². The van der Waals surface area contributed by atoms with Crippen molar-refractivity contribution in [1.82, 2.24) is 9.55 Å². The molecule has 0 aliphatic heterocycles. The van der Waals surface area contributed by atoms with E-state index in [2.05, 4.69) is 51.7 Å². The number of nitrogen functional groups attached to an aromatic ring is 1. The topological polar surface area (TPSA) is 43.8 Å². The van der Waals surface area contributed by atoms with E-state index < -0.39 is 0 Å². The van der Waals surface area contributed by atoms with Crippen molar-refractivity contribution in [2.24, 2.45) is 0 Å². The van der Waals surface area contributed by atoms with Crippen LogP contribution in [0.5, 0.6) is 0 Å². The van der Waals surface area contributed by atoms with E-state index in [4.69, 9.17) is 10.7 Å². The molecule has 0 unspecified atom stereocenters. The van der Waals surface area contributed by atoms with Crippen molar-refractivity contribution < 1.29 is 0 Å². The molecule has 0 spiro atoms. The number of hydrogen-bond donors (Lipinski definition) is 1. The van der Waals surface area contributed by atoms with Crippen LogP contribution < -0.4 is 5.73 Å².